The Morgan fingerprint density at radius 3 is 2.74 bits per heavy atom. The summed E-state index contributed by atoms with van der Waals surface area (Å²) in [5.74, 6) is 0.615. The van der Waals surface area contributed by atoms with Gasteiger partial charge in [0.25, 0.3) is 5.89 Å². The van der Waals surface area contributed by atoms with Crippen LogP contribution < -0.4 is 10.5 Å². The summed E-state index contributed by atoms with van der Waals surface area (Å²) in [5.41, 5.74) is 8.58. The molecular weight excluding hydrogens is 304 g/mol. The lowest BCUT2D eigenvalue weighted by atomic mass is 10.1. The maximum Gasteiger partial charge on any atom is 0.387 e. The van der Waals surface area contributed by atoms with Crippen LogP contribution in [0.2, 0.25) is 0 Å². The van der Waals surface area contributed by atoms with Gasteiger partial charge < -0.3 is 15.0 Å². The first-order valence-electron chi connectivity index (χ1n) is 6.79. The number of nitrogens with zero attached hydrogens (tertiary/aromatic N) is 2. The Bertz CT molecular complexity index is 834. The number of hydrogen-bond donors (Lipinski definition) is 1. The van der Waals surface area contributed by atoms with E-state index in [1.54, 1.807) is 24.3 Å². The minimum absolute atomic E-state index is 0.0254. The molecule has 1 heterocycles. The molecule has 0 aliphatic carbocycles. The Morgan fingerprint density at radius 2 is 1.96 bits per heavy atom. The first-order chi connectivity index (χ1) is 11.0. The van der Waals surface area contributed by atoms with Gasteiger partial charge in [0.15, 0.2) is 0 Å². The number of nitrogens with two attached hydrogens (primary N) is 1. The predicted molar refractivity (Wildman–Crippen MR) is 81.0 cm³/mol. The van der Waals surface area contributed by atoms with Crippen molar-refractivity contribution in [3.05, 3.63) is 48.0 Å². The molecule has 0 radical (unpaired) electrons. The van der Waals surface area contributed by atoms with Crippen molar-refractivity contribution in [2.75, 3.05) is 5.73 Å². The van der Waals surface area contributed by atoms with Gasteiger partial charge in [0.05, 0.1) is 0 Å². The topological polar surface area (TPSA) is 74.2 Å². The monoisotopic (exact) mass is 317 g/mol. The van der Waals surface area contributed by atoms with Crippen LogP contribution in [-0.4, -0.2) is 16.8 Å². The van der Waals surface area contributed by atoms with E-state index in [0.29, 0.717) is 17.1 Å². The maximum absolute atomic E-state index is 12.3. The number of anilines is 1. The minimum atomic E-state index is -2.89. The van der Waals surface area contributed by atoms with E-state index in [1.807, 2.05) is 13.0 Å². The van der Waals surface area contributed by atoms with E-state index < -0.39 is 6.61 Å². The number of aromatic nitrogens is 2. The van der Waals surface area contributed by atoms with E-state index in [2.05, 4.69) is 14.9 Å². The third-order valence-electron chi connectivity index (χ3n) is 3.35. The highest BCUT2D eigenvalue weighted by atomic mass is 19.3. The quantitative estimate of drug-likeness (QED) is 0.739. The molecule has 0 aliphatic heterocycles. The van der Waals surface area contributed by atoms with E-state index in [4.69, 9.17) is 10.3 Å². The van der Waals surface area contributed by atoms with Crippen LogP contribution in [0.4, 0.5) is 14.5 Å². The highest BCUT2D eigenvalue weighted by Crippen LogP contribution is 2.28. The lowest BCUT2D eigenvalue weighted by Crippen LogP contribution is -2.01. The molecule has 0 saturated carbocycles. The van der Waals surface area contributed by atoms with E-state index in [-0.39, 0.29) is 11.6 Å². The Hall–Kier alpha value is -2.96. The number of alkyl halides is 2. The van der Waals surface area contributed by atoms with Gasteiger partial charge in [0.2, 0.25) is 5.82 Å². The zero-order chi connectivity index (χ0) is 16.4. The highest BCUT2D eigenvalue weighted by molar-refractivity contribution is 5.69. The number of benzene rings is 2. The second-order valence-electron chi connectivity index (χ2n) is 4.85. The van der Waals surface area contributed by atoms with Crippen molar-refractivity contribution in [2.24, 2.45) is 0 Å². The third-order valence-corrected chi connectivity index (χ3v) is 3.35. The van der Waals surface area contributed by atoms with Crippen LogP contribution in [0.25, 0.3) is 22.8 Å². The first kappa shape index (κ1) is 15.0. The largest absolute Gasteiger partial charge is 0.435 e. The number of hydrogen-bond acceptors (Lipinski definition) is 5. The summed E-state index contributed by atoms with van der Waals surface area (Å²) < 4.78 is 34.1. The van der Waals surface area contributed by atoms with Gasteiger partial charge in [-0.2, -0.15) is 13.8 Å². The van der Waals surface area contributed by atoms with E-state index in [9.17, 15) is 8.78 Å². The fraction of sp³-hybridized carbons (Fsp3) is 0.125. The summed E-state index contributed by atoms with van der Waals surface area (Å²) in [5, 5.41) is 3.92. The van der Waals surface area contributed by atoms with E-state index in [0.717, 1.165) is 11.1 Å². The molecule has 0 fully saturated rings. The zero-order valence-corrected chi connectivity index (χ0v) is 12.2. The van der Waals surface area contributed by atoms with Crippen molar-refractivity contribution in [3.8, 4) is 28.6 Å². The van der Waals surface area contributed by atoms with Crippen LogP contribution in [0.5, 0.6) is 5.75 Å². The van der Waals surface area contributed by atoms with Crippen molar-refractivity contribution in [2.45, 2.75) is 13.5 Å². The summed E-state index contributed by atoms with van der Waals surface area (Å²) in [6.07, 6.45) is 0. The molecule has 0 amide bonds. The lowest BCUT2D eigenvalue weighted by Gasteiger charge is -2.04. The molecule has 5 nitrogen and oxygen atoms in total. The Labute approximate surface area is 130 Å². The van der Waals surface area contributed by atoms with Crippen molar-refractivity contribution >= 4 is 5.69 Å². The zero-order valence-electron chi connectivity index (χ0n) is 12.2. The standard InChI is InChI=1S/C16H13F2N3O2/c1-9-12(6-3-7-13(9)19)14-20-15(23-21-14)10-4-2-5-11(8-10)22-16(17)18/h2-8,16H,19H2,1H3. The number of nitrogen functional groups attached to an aromatic ring is 1. The van der Waals surface area contributed by atoms with Gasteiger partial charge in [0.1, 0.15) is 5.75 Å². The number of ether oxygens (including phenoxy) is 1. The van der Waals surface area contributed by atoms with Crippen LogP contribution in [0.1, 0.15) is 5.56 Å². The second-order valence-corrected chi connectivity index (χ2v) is 4.85. The molecule has 3 rings (SSSR count). The normalized spacial score (nSPS) is 11.0. The Balaban J connectivity index is 1.95. The van der Waals surface area contributed by atoms with Crippen LogP contribution in [0.15, 0.2) is 47.0 Å². The summed E-state index contributed by atoms with van der Waals surface area (Å²) in [6.45, 7) is -1.03. The summed E-state index contributed by atoms with van der Waals surface area (Å²) in [6, 6.07) is 11.5. The third kappa shape index (κ3) is 3.13. The average molecular weight is 317 g/mol. The predicted octanol–water partition coefficient (Wildman–Crippen LogP) is 3.90. The smallest absolute Gasteiger partial charge is 0.387 e. The molecule has 0 spiro atoms. The summed E-state index contributed by atoms with van der Waals surface area (Å²) in [7, 11) is 0. The molecule has 2 aromatic carbocycles. The fourth-order valence-corrected chi connectivity index (χ4v) is 2.15. The molecular formula is C16H13F2N3O2. The maximum atomic E-state index is 12.3. The van der Waals surface area contributed by atoms with Crippen LogP contribution in [-0.2, 0) is 0 Å². The molecule has 2 N–H and O–H groups in total. The fourth-order valence-electron chi connectivity index (χ4n) is 2.15. The van der Waals surface area contributed by atoms with Crippen molar-refractivity contribution < 1.29 is 18.0 Å². The molecule has 118 valence electrons. The molecule has 3 aromatic rings. The SMILES string of the molecule is Cc1c(N)cccc1-c1noc(-c2cccc(OC(F)F)c2)n1. The second kappa shape index (κ2) is 6.04. The van der Waals surface area contributed by atoms with Gasteiger partial charge in [-0.3, -0.25) is 0 Å². The summed E-state index contributed by atoms with van der Waals surface area (Å²) in [4.78, 5) is 4.30. The van der Waals surface area contributed by atoms with Gasteiger partial charge in [-0.05, 0) is 36.8 Å². The molecule has 0 unspecified atom stereocenters. The van der Waals surface area contributed by atoms with Crippen LogP contribution in [0, 0.1) is 6.92 Å². The van der Waals surface area contributed by atoms with E-state index >= 15 is 0 Å². The van der Waals surface area contributed by atoms with Crippen molar-refractivity contribution in [1.82, 2.24) is 10.1 Å². The van der Waals surface area contributed by atoms with Crippen molar-refractivity contribution in [1.29, 1.82) is 0 Å². The Kier molecular flexibility index (Phi) is 3.92. The average Bonchev–Trinajstić information content (AvgIpc) is 2.99. The molecule has 23 heavy (non-hydrogen) atoms. The molecule has 7 heteroatoms. The van der Waals surface area contributed by atoms with Gasteiger partial charge in [-0.1, -0.05) is 23.4 Å². The van der Waals surface area contributed by atoms with E-state index in [1.165, 1.54) is 12.1 Å². The van der Waals surface area contributed by atoms with Gasteiger partial charge in [0, 0.05) is 16.8 Å². The number of rotatable bonds is 4. The number of halogens is 2. The van der Waals surface area contributed by atoms with Gasteiger partial charge in [-0.15, -0.1) is 0 Å². The highest BCUT2D eigenvalue weighted by Gasteiger charge is 2.14. The lowest BCUT2D eigenvalue weighted by molar-refractivity contribution is -0.0498. The Morgan fingerprint density at radius 1 is 1.17 bits per heavy atom. The first-order valence-corrected chi connectivity index (χ1v) is 6.79. The van der Waals surface area contributed by atoms with Crippen molar-refractivity contribution in [3.63, 3.8) is 0 Å². The summed E-state index contributed by atoms with van der Waals surface area (Å²) >= 11 is 0. The molecule has 0 atom stereocenters. The molecule has 0 aliphatic rings. The van der Waals surface area contributed by atoms with Gasteiger partial charge in [-0.25, -0.2) is 0 Å². The molecule has 1 aromatic heterocycles. The minimum Gasteiger partial charge on any atom is -0.435 e. The molecule has 0 bridgehead atoms. The van der Waals surface area contributed by atoms with Gasteiger partial charge >= 0.3 is 6.61 Å². The molecule has 0 saturated heterocycles. The van der Waals surface area contributed by atoms with Crippen LogP contribution >= 0.6 is 0 Å². The van der Waals surface area contributed by atoms with Crippen LogP contribution in [0.3, 0.4) is 0 Å².